The maximum absolute atomic E-state index is 12.7. The first-order valence-corrected chi connectivity index (χ1v) is 12.0. The second kappa shape index (κ2) is 8.99. The molecule has 2 atom stereocenters. The minimum absolute atomic E-state index is 0.0727. The zero-order valence-electron chi connectivity index (χ0n) is 17.9. The molecule has 0 spiro atoms. The molecule has 0 bridgehead atoms. The third-order valence-electron chi connectivity index (χ3n) is 6.14. The van der Waals surface area contributed by atoms with Gasteiger partial charge in [0, 0.05) is 18.6 Å². The van der Waals surface area contributed by atoms with Crippen molar-refractivity contribution in [1.29, 1.82) is 0 Å². The summed E-state index contributed by atoms with van der Waals surface area (Å²) in [6.07, 6.45) is 2.78. The van der Waals surface area contributed by atoms with Gasteiger partial charge < -0.3 is 4.74 Å². The second-order valence-electron chi connectivity index (χ2n) is 8.71. The van der Waals surface area contributed by atoms with E-state index in [9.17, 15) is 8.42 Å². The highest BCUT2D eigenvalue weighted by Gasteiger charge is 2.39. The van der Waals surface area contributed by atoms with Crippen molar-refractivity contribution < 1.29 is 13.2 Å². The summed E-state index contributed by atoms with van der Waals surface area (Å²) in [7, 11) is -3.50. The fraction of sp³-hybridized carbons (Fsp3) is 0.500. The molecule has 158 valence electrons. The van der Waals surface area contributed by atoms with Crippen LogP contribution in [0.1, 0.15) is 49.8 Å². The third kappa shape index (κ3) is 5.27. The second-order valence-corrected chi connectivity index (χ2v) is 10.5. The van der Waals surface area contributed by atoms with Gasteiger partial charge in [-0.2, -0.15) is 0 Å². The van der Waals surface area contributed by atoms with Crippen LogP contribution in [-0.4, -0.2) is 27.7 Å². The number of benzene rings is 2. The van der Waals surface area contributed by atoms with Crippen molar-refractivity contribution in [2.75, 3.05) is 13.2 Å². The van der Waals surface area contributed by atoms with Crippen LogP contribution >= 0.6 is 0 Å². The van der Waals surface area contributed by atoms with Gasteiger partial charge in [-0.25, -0.2) is 13.1 Å². The van der Waals surface area contributed by atoms with E-state index >= 15 is 0 Å². The Morgan fingerprint density at radius 2 is 1.62 bits per heavy atom. The maximum atomic E-state index is 12.7. The number of nitrogens with one attached hydrogen (secondary N) is 1. The standard InChI is InChI=1S/C24H33NO3S/c1-18(2)23-17-24(14-16-28-23,21-9-5-19(3)6-10-21)13-15-25-29(26,27)22-11-7-20(4)8-12-22/h5-12,18,23,25H,13-17H2,1-4H3/t23-,24+/m0/s1. The zero-order chi connectivity index (χ0) is 21.1. The van der Waals surface area contributed by atoms with Gasteiger partial charge in [-0.05, 0) is 56.7 Å². The van der Waals surface area contributed by atoms with Gasteiger partial charge in [-0.1, -0.05) is 61.4 Å². The smallest absolute Gasteiger partial charge is 0.240 e. The SMILES string of the molecule is Cc1ccc([C@]2(CCNS(=O)(=O)c3ccc(C)cc3)CCO[C@H](C(C)C)C2)cc1. The van der Waals surface area contributed by atoms with Crippen LogP contribution in [0, 0.1) is 19.8 Å². The number of rotatable bonds is 7. The Balaban J connectivity index is 1.78. The van der Waals surface area contributed by atoms with Crippen molar-refractivity contribution in [1.82, 2.24) is 4.72 Å². The molecule has 0 unspecified atom stereocenters. The summed E-state index contributed by atoms with van der Waals surface area (Å²) in [6, 6.07) is 15.7. The molecule has 3 rings (SSSR count). The average molecular weight is 416 g/mol. The van der Waals surface area contributed by atoms with Crippen LogP contribution in [0.15, 0.2) is 53.4 Å². The maximum Gasteiger partial charge on any atom is 0.240 e. The molecule has 4 nitrogen and oxygen atoms in total. The number of hydrogen-bond donors (Lipinski definition) is 1. The molecule has 5 heteroatoms. The number of aryl methyl sites for hydroxylation is 2. The first kappa shape index (κ1) is 22.0. The molecule has 1 heterocycles. The lowest BCUT2D eigenvalue weighted by Crippen LogP contribution is -2.43. The van der Waals surface area contributed by atoms with Gasteiger partial charge in [-0.3, -0.25) is 0 Å². The lowest BCUT2D eigenvalue weighted by atomic mass is 9.68. The van der Waals surface area contributed by atoms with Crippen molar-refractivity contribution in [2.24, 2.45) is 5.92 Å². The number of sulfonamides is 1. The number of hydrogen-bond acceptors (Lipinski definition) is 3. The number of ether oxygens (including phenoxy) is 1. The summed E-state index contributed by atoms with van der Waals surface area (Å²) < 4.78 is 34.3. The van der Waals surface area contributed by atoms with Gasteiger partial charge in [0.15, 0.2) is 0 Å². The van der Waals surface area contributed by atoms with Gasteiger partial charge in [0.25, 0.3) is 0 Å². The van der Waals surface area contributed by atoms with E-state index in [1.54, 1.807) is 12.1 Å². The Hall–Kier alpha value is -1.69. The van der Waals surface area contributed by atoms with E-state index in [4.69, 9.17) is 4.74 Å². The predicted octanol–water partition coefficient (Wildman–Crippen LogP) is 4.74. The summed E-state index contributed by atoms with van der Waals surface area (Å²) in [5.41, 5.74) is 3.49. The molecule has 1 aliphatic rings. The van der Waals surface area contributed by atoms with Crippen LogP contribution in [0.2, 0.25) is 0 Å². The van der Waals surface area contributed by atoms with E-state index in [1.807, 2.05) is 19.1 Å². The van der Waals surface area contributed by atoms with Gasteiger partial charge in [0.1, 0.15) is 0 Å². The van der Waals surface area contributed by atoms with Crippen molar-refractivity contribution in [3.63, 3.8) is 0 Å². The fourth-order valence-electron chi connectivity index (χ4n) is 4.15. The van der Waals surface area contributed by atoms with Crippen LogP contribution in [0.5, 0.6) is 0 Å². The van der Waals surface area contributed by atoms with Gasteiger partial charge in [0.2, 0.25) is 10.0 Å². The molecule has 0 amide bonds. The molecule has 29 heavy (non-hydrogen) atoms. The van der Waals surface area contributed by atoms with Crippen molar-refractivity contribution in [3.05, 3.63) is 65.2 Å². The molecule has 2 aromatic carbocycles. The third-order valence-corrected chi connectivity index (χ3v) is 7.62. The zero-order valence-corrected chi connectivity index (χ0v) is 18.8. The highest BCUT2D eigenvalue weighted by molar-refractivity contribution is 7.89. The van der Waals surface area contributed by atoms with Crippen LogP contribution in [0.4, 0.5) is 0 Å². The van der Waals surface area contributed by atoms with Crippen molar-refractivity contribution in [2.45, 2.75) is 63.4 Å². The molecule has 1 N–H and O–H groups in total. The highest BCUT2D eigenvalue weighted by Crippen LogP contribution is 2.41. The minimum atomic E-state index is -3.50. The Bertz CT molecular complexity index is 904. The Kier molecular flexibility index (Phi) is 6.82. The summed E-state index contributed by atoms with van der Waals surface area (Å²) in [5.74, 6) is 0.435. The predicted molar refractivity (Wildman–Crippen MR) is 118 cm³/mol. The molecular formula is C24H33NO3S. The molecule has 1 aliphatic heterocycles. The summed E-state index contributed by atoms with van der Waals surface area (Å²) in [4.78, 5) is 0.319. The van der Waals surface area contributed by atoms with E-state index in [1.165, 1.54) is 11.1 Å². The fourth-order valence-corrected chi connectivity index (χ4v) is 5.18. The normalized spacial score (nSPS) is 22.7. The Morgan fingerprint density at radius 1 is 1.03 bits per heavy atom. The van der Waals surface area contributed by atoms with E-state index in [0.717, 1.165) is 24.8 Å². The lowest BCUT2D eigenvalue weighted by molar-refractivity contribution is -0.0466. The average Bonchev–Trinajstić information content (AvgIpc) is 2.69. The molecule has 0 saturated carbocycles. The molecular weight excluding hydrogens is 382 g/mol. The topological polar surface area (TPSA) is 55.4 Å². The Labute approximate surface area is 175 Å². The molecule has 0 radical (unpaired) electrons. The molecule has 1 fully saturated rings. The van der Waals surface area contributed by atoms with E-state index in [0.29, 0.717) is 24.0 Å². The minimum Gasteiger partial charge on any atom is -0.378 e. The van der Waals surface area contributed by atoms with Gasteiger partial charge >= 0.3 is 0 Å². The van der Waals surface area contributed by atoms with Crippen LogP contribution < -0.4 is 4.72 Å². The first-order valence-electron chi connectivity index (χ1n) is 10.5. The van der Waals surface area contributed by atoms with E-state index in [-0.39, 0.29) is 11.5 Å². The van der Waals surface area contributed by atoms with E-state index < -0.39 is 10.0 Å². The molecule has 0 aliphatic carbocycles. The molecule has 0 aromatic heterocycles. The summed E-state index contributed by atoms with van der Waals surface area (Å²) in [6.45, 7) is 9.54. The first-order chi connectivity index (χ1) is 13.7. The largest absolute Gasteiger partial charge is 0.378 e. The summed E-state index contributed by atoms with van der Waals surface area (Å²) in [5, 5.41) is 0. The van der Waals surface area contributed by atoms with Crippen molar-refractivity contribution in [3.8, 4) is 0 Å². The molecule has 1 saturated heterocycles. The quantitative estimate of drug-likeness (QED) is 0.710. The van der Waals surface area contributed by atoms with E-state index in [2.05, 4.69) is 49.8 Å². The van der Waals surface area contributed by atoms with Crippen molar-refractivity contribution >= 4 is 10.0 Å². The van der Waals surface area contributed by atoms with Gasteiger partial charge in [0.05, 0.1) is 11.0 Å². The Morgan fingerprint density at radius 3 is 2.21 bits per heavy atom. The highest BCUT2D eigenvalue weighted by atomic mass is 32.2. The van der Waals surface area contributed by atoms with Gasteiger partial charge in [-0.15, -0.1) is 0 Å². The van der Waals surface area contributed by atoms with Crippen LogP contribution in [-0.2, 0) is 20.2 Å². The summed E-state index contributed by atoms with van der Waals surface area (Å²) >= 11 is 0. The lowest BCUT2D eigenvalue weighted by Gasteiger charge is -2.43. The van der Waals surface area contributed by atoms with Crippen LogP contribution in [0.3, 0.4) is 0 Å². The molecule has 2 aromatic rings. The van der Waals surface area contributed by atoms with Crippen LogP contribution in [0.25, 0.3) is 0 Å². The monoisotopic (exact) mass is 415 g/mol.